The lowest BCUT2D eigenvalue weighted by Gasteiger charge is -2.25. The van der Waals surface area contributed by atoms with E-state index < -0.39 is 5.82 Å². The van der Waals surface area contributed by atoms with Crippen LogP contribution in [0.5, 0.6) is 0 Å². The second-order valence-electron chi connectivity index (χ2n) is 4.83. The molecule has 1 aromatic rings. The van der Waals surface area contributed by atoms with Crippen LogP contribution in [0.1, 0.15) is 32.6 Å². The van der Waals surface area contributed by atoms with E-state index >= 15 is 0 Å². The zero-order chi connectivity index (χ0) is 15.2. The van der Waals surface area contributed by atoms with E-state index in [1.54, 1.807) is 6.92 Å². The second-order valence-corrected chi connectivity index (χ2v) is 5.17. The van der Waals surface area contributed by atoms with E-state index in [1.165, 1.54) is 6.08 Å². The van der Waals surface area contributed by atoms with Crippen LogP contribution in [0.4, 0.5) is 10.2 Å². The minimum absolute atomic E-state index is 0.00278. The number of esters is 1. The van der Waals surface area contributed by atoms with Crippen LogP contribution in [0.3, 0.4) is 0 Å². The number of ether oxygens (including phenoxy) is 1. The fraction of sp³-hybridized carbons (Fsp3) is 0.500. The van der Waals surface area contributed by atoms with Gasteiger partial charge in [0.2, 0.25) is 5.28 Å². The van der Waals surface area contributed by atoms with Gasteiger partial charge in [-0.3, -0.25) is 0 Å². The van der Waals surface area contributed by atoms with E-state index in [4.69, 9.17) is 16.3 Å². The molecule has 1 atom stereocenters. The summed E-state index contributed by atoms with van der Waals surface area (Å²) in [7, 11) is 0. The van der Waals surface area contributed by atoms with E-state index in [1.807, 2.05) is 0 Å². The molecule has 21 heavy (non-hydrogen) atoms. The number of rotatable bonds is 4. The molecule has 114 valence electrons. The van der Waals surface area contributed by atoms with Gasteiger partial charge >= 0.3 is 5.97 Å². The fourth-order valence-corrected chi connectivity index (χ4v) is 2.47. The monoisotopic (exact) mass is 313 g/mol. The van der Waals surface area contributed by atoms with Crippen molar-refractivity contribution in [2.75, 3.05) is 11.9 Å². The summed E-state index contributed by atoms with van der Waals surface area (Å²) < 4.78 is 18.5. The normalized spacial score (nSPS) is 20.3. The maximum absolute atomic E-state index is 13.6. The lowest BCUT2D eigenvalue weighted by Crippen LogP contribution is -2.25. The third-order valence-electron chi connectivity index (χ3n) is 3.22. The van der Waals surface area contributed by atoms with Crippen LogP contribution in [-0.2, 0) is 9.53 Å². The Kier molecular flexibility index (Phi) is 5.50. The number of aromatic nitrogens is 2. The molecule has 0 aliphatic heterocycles. The van der Waals surface area contributed by atoms with Gasteiger partial charge in [0.15, 0.2) is 11.6 Å². The highest BCUT2D eigenvalue weighted by Gasteiger charge is 2.20. The molecule has 0 amide bonds. The number of hydrogen-bond acceptors (Lipinski definition) is 5. The first-order chi connectivity index (χ1) is 10.1. The van der Waals surface area contributed by atoms with Gasteiger partial charge in [-0.2, -0.15) is 4.98 Å². The lowest BCUT2D eigenvalue weighted by molar-refractivity contribution is -0.137. The maximum atomic E-state index is 13.6. The number of halogens is 2. The molecule has 1 aliphatic carbocycles. The number of carbonyl (C=O) groups is 1. The van der Waals surface area contributed by atoms with E-state index in [-0.39, 0.29) is 23.1 Å². The smallest absolute Gasteiger partial charge is 0.330 e. The van der Waals surface area contributed by atoms with E-state index in [2.05, 4.69) is 15.3 Å². The van der Waals surface area contributed by atoms with Crippen molar-refractivity contribution >= 4 is 23.4 Å². The summed E-state index contributed by atoms with van der Waals surface area (Å²) in [5, 5.41) is 3.02. The van der Waals surface area contributed by atoms with Crippen molar-refractivity contribution in [3.63, 3.8) is 0 Å². The summed E-state index contributed by atoms with van der Waals surface area (Å²) in [4.78, 5) is 18.9. The molecular weight excluding hydrogens is 297 g/mol. The SMILES string of the molecule is CCOC(=O)/C=C1\CCCC(Nc2nc(Cl)ncc2F)C1. The van der Waals surface area contributed by atoms with Crippen LogP contribution in [0.25, 0.3) is 0 Å². The molecule has 1 fully saturated rings. The Morgan fingerprint density at radius 3 is 3.24 bits per heavy atom. The maximum Gasteiger partial charge on any atom is 0.330 e. The highest BCUT2D eigenvalue weighted by molar-refractivity contribution is 6.28. The number of carbonyl (C=O) groups excluding carboxylic acids is 1. The van der Waals surface area contributed by atoms with Crippen LogP contribution >= 0.6 is 11.6 Å². The van der Waals surface area contributed by atoms with Gasteiger partial charge in [0.1, 0.15) is 0 Å². The number of hydrogen-bond donors (Lipinski definition) is 1. The van der Waals surface area contributed by atoms with E-state index in [9.17, 15) is 9.18 Å². The Hall–Kier alpha value is -1.69. The van der Waals surface area contributed by atoms with Gasteiger partial charge < -0.3 is 10.1 Å². The number of anilines is 1. The zero-order valence-corrected chi connectivity index (χ0v) is 12.5. The Morgan fingerprint density at radius 2 is 2.48 bits per heavy atom. The van der Waals surface area contributed by atoms with Gasteiger partial charge in [0.05, 0.1) is 12.8 Å². The molecule has 7 heteroatoms. The average molecular weight is 314 g/mol. The fourth-order valence-electron chi connectivity index (χ4n) is 2.34. The molecule has 1 aliphatic rings. The summed E-state index contributed by atoms with van der Waals surface area (Å²) in [6.45, 7) is 2.12. The molecule has 0 bridgehead atoms. The average Bonchev–Trinajstić information content (AvgIpc) is 2.43. The van der Waals surface area contributed by atoms with Crippen molar-refractivity contribution < 1.29 is 13.9 Å². The summed E-state index contributed by atoms with van der Waals surface area (Å²) in [5.74, 6) is -0.775. The first kappa shape index (κ1) is 15.7. The molecular formula is C14H17ClFN3O2. The number of nitrogens with zero attached hydrogens (tertiary/aromatic N) is 2. The van der Waals surface area contributed by atoms with Crippen molar-refractivity contribution in [2.45, 2.75) is 38.6 Å². The molecule has 0 saturated heterocycles. The van der Waals surface area contributed by atoms with Crippen molar-refractivity contribution in [3.8, 4) is 0 Å². The predicted molar refractivity (Wildman–Crippen MR) is 77.6 cm³/mol. The summed E-state index contributed by atoms with van der Waals surface area (Å²) >= 11 is 5.67. The minimum Gasteiger partial charge on any atom is -0.463 e. The molecule has 1 aromatic heterocycles. The van der Waals surface area contributed by atoms with Crippen molar-refractivity contribution in [2.24, 2.45) is 0 Å². The van der Waals surface area contributed by atoms with Gasteiger partial charge in [-0.15, -0.1) is 0 Å². The largest absolute Gasteiger partial charge is 0.463 e. The molecule has 1 saturated carbocycles. The van der Waals surface area contributed by atoms with Crippen LogP contribution in [-0.4, -0.2) is 28.6 Å². The predicted octanol–water partition coefficient (Wildman–Crippen LogP) is 3.11. The van der Waals surface area contributed by atoms with E-state index in [0.717, 1.165) is 31.0 Å². The Bertz CT molecular complexity index is 551. The minimum atomic E-state index is -0.541. The van der Waals surface area contributed by atoms with Crippen LogP contribution in [0, 0.1) is 5.82 Å². The van der Waals surface area contributed by atoms with Crippen molar-refractivity contribution in [1.82, 2.24) is 9.97 Å². The Balaban J connectivity index is 2.01. The van der Waals surface area contributed by atoms with Gasteiger partial charge in [-0.1, -0.05) is 5.57 Å². The summed E-state index contributed by atoms with van der Waals surface area (Å²) in [5.41, 5.74) is 0.998. The zero-order valence-electron chi connectivity index (χ0n) is 11.7. The van der Waals surface area contributed by atoms with Gasteiger partial charge in [-0.25, -0.2) is 14.2 Å². The highest BCUT2D eigenvalue weighted by Crippen LogP contribution is 2.26. The number of nitrogens with one attached hydrogen (secondary N) is 1. The molecule has 0 radical (unpaired) electrons. The molecule has 1 N–H and O–H groups in total. The standard InChI is InChI=1S/C14H17ClFN3O2/c1-2-21-12(20)7-9-4-3-5-10(6-9)18-13-11(16)8-17-14(15)19-13/h7-8,10H,2-6H2,1H3,(H,17,18,19)/b9-7+. The molecule has 1 unspecified atom stereocenters. The highest BCUT2D eigenvalue weighted by atomic mass is 35.5. The molecule has 0 spiro atoms. The lowest BCUT2D eigenvalue weighted by atomic mass is 9.90. The van der Waals surface area contributed by atoms with E-state index in [0.29, 0.717) is 13.0 Å². The summed E-state index contributed by atoms with van der Waals surface area (Å²) in [6.07, 6.45) is 5.87. The molecule has 5 nitrogen and oxygen atoms in total. The van der Waals surface area contributed by atoms with Gasteiger partial charge in [0.25, 0.3) is 0 Å². The van der Waals surface area contributed by atoms with Crippen molar-refractivity contribution in [3.05, 3.63) is 28.9 Å². The Labute approximate surface area is 127 Å². The topological polar surface area (TPSA) is 64.1 Å². The van der Waals surface area contributed by atoms with Gasteiger partial charge in [0, 0.05) is 12.1 Å². The van der Waals surface area contributed by atoms with Gasteiger partial charge in [-0.05, 0) is 44.2 Å². The summed E-state index contributed by atoms with van der Waals surface area (Å²) in [6, 6.07) is 0.0138. The third kappa shape index (κ3) is 4.67. The quantitative estimate of drug-likeness (QED) is 0.525. The third-order valence-corrected chi connectivity index (χ3v) is 3.41. The molecule has 0 aromatic carbocycles. The second kappa shape index (κ2) is 7.36. The van der Waals surface area contributed by atoms with Crippen LogP contribution in [0.15, 0.2) is 17.8 Å². The first-order valence-corrected chi connectivity index (χ1v) is 7.27. The van der Waals surface area contributed by atoms with Crippen molar-refractivity contribution in [1.29, 1.82) is 0 Å². The first-order valence-electron chi connectivity index (χ1n) is 6.89. The molecule has 2 rings (SSSR count). The molecule has 1 heterocycles. The van der Waals surface area contributed by atoms with Crippen LogP contribution in [0.2, 0.25) is 5.28 Å². The Morgan fingerprint density at radius 1 is 1.67 bits per heavy atom. The van der Waals surface area contributed by atoms with Crippen LogP contribution < -0.4 is 5.32 Å².